The lowest BCUT2D eigenvalue weighted by Gasteiger charge is -2.17. The van der Waals surface area contributed by atoms with Gasteiger partial charge < -0.3 is 14.4 Å². The highest BCUT2D eigenvalue weighted by Gasteiger charge is 2.36. The average Bonchev–Trinajstić information content (AvgIpc) is 2.98. The molecule has 0 spiro atoms. The Balaban J connectivity index is 1.67. The molecule has 0 bridgehead atoms. The largest absolute Gasteiger partial charge is 0.497 e. The maximum absolute atomic E-state index is 12.6. The Morgan fingerprint density at radius 3 is 2.21 bits per heavy atom. The number of methoxy groups -OCH3 is 2. The minimum absolute atomic E-state index is 0.316. The molecule has 0 unspecified atom stereocenters. The van der Waals surface area contributed by atoms with Crippen molar-refractivity contribution in [2.45, 2.75) is 6.54 Å². The molecule has 1 amide bonds. The van der Waals surface area contributed by atoms with E-state index in [1.165, 1.54) is 4.90 Å². The van der Waals surface area contributed by atoms with E-state index in [0.717, 1.165) is 22.4 Å². The SMILES string of the molecule is COc1ccc(-c2ccc3c(c2)C(=O)C(=O)N3Cc2cccc(OC)c2)cc1. The second-order valence-electron chi connectivity index (χ2n) is 6.53. The first-order chi connectivity index (χ1) is 13.6. The van der Waals surface area contributed by atoms with Crippen LogP contribution in [-0.2, 0) is 11.3 Å². The molecule has 4 rings (SSSR count). The van der Waals surface area contributed by atoms with Gasteiger partial charge in [-0.05, 0) is 53.1 Å². The zero-order chi connectivity index (χ0) is 19.7. The highest BCUT2D eigenvalue weighted by Crippen LogP contribution is 2.34. The van der Waals surface area contributed by atoms with E-state index in [4.69, 9.17) is 9.47 Å². The normalized spacial score (nSPS) is 12.9. The van der Waals surface area contributed by atoms with Crippen LogP contribution in [0.5, 0.6) is 11.5 Å². The Hall–Kier alpha value is -3.60. The van der Waals surface area contributed by atoms with Gasteiger partial charge in [-0.2, -0.15) is 0 Å². The van der Waals surface area contributed by atoms with Crippen molar-refractivity contribution in [3.8, 4) is 22.6 Å². The molecule has 0 saturated heterocycles. The summed E-state index contributed by atoms with van der Waals surface area (Å²) in [6.45, 7) is 0.316. The summed E-state index contributed by atoms with van der Waals surface area (Å²) in [5.41, 5.74) is 3.80. The van der Waals surface area contributed by atoms with Crippen molar-refractivity contribution in [2.75, 3.05) is 19.1 Å². The molecule has 3 aromatic carbocycles. The fraction of sp³-hybridized carbons (Fsp3) is 0.130. The lowest BCUT2D eigenvalue weighted by atomic mass is 10.0. The van der Waals surface area contributed by atoms with Crippen LogP contribution in [0.4, 0.5) is 5.69 Å². The number of carbonyl (C=O) groups is 2. The average molecular weight is 373 g/mol. The first-order valence-electron chi connectivity index (χ1n) is 8.88. The molecule has 1 heterocycles. The van der Waals surface area contributed by atoms with Crippen LogP contribution < -0.4 is 14.4 Å². The van der Waals surface area contributed by atoms with E-state index < -0.39 is 11.7 Å². The highest BCUT2D eigenvalue weighted by atomic mass is 16.5. The Morgan fingerprint density at radius 1 is 0.786 bits per heavy atom. The van der Waals surface area contributed by atoms with Crippen LogP contribution in [-0.4, -0.2) is 25.9 Å². The van der Waals surface area contributed by atoms with E-state index in [-0.39, 0.29) is 0 Å². The molecule has 0 saturated carbocycles. The van der Waals surface area contributed by atoms with Crippen LogP contribution >= 0.6 is 0 Å². The van der Waals surface area contributed by atoms with Gasteiger partial charge in [0.05, 0.1) is 32.0 Å². The van der Waals surface area contributed by atoms with Gasteiger partial charge in [0.25, 0.3) is 11.7 Å². The third kappa shape index (κ3) is 3.11. The second-order valence-corrected chi connectivity index (χ2v) is 6.53. The van der Waals surface area contributed by atoms with E-state index in [1.54, 1.807) is 20.3 Å². The molecular weight excluding hydrogens is 354 g/mol. The van der Waals surface area contributed by atoms with E-state index in [2.05, 4.69) is 0 Å². The van der Waals surface area contributed by atoms with Gasteiger partial charge in [0, 0.05) is 0 Å². The van der Waals surface area contributed by atoms with Gasteiger partial charge >= 0.3 is 0 Å². The smallest absolute Gasteiger partial charge is 0.299 e. The molecule has 0 atom stereocenters. The molecule has 0 radical (unpaired) electrons. The predicted molar refractivity (Wildman–Crippen MR) is 107 cm³/mol. The summed E-state index contributed by atoms with van der Waals surface area (Å²) in [5, 5.41) is 0. The number of hydrogen-bond donors (Lipinski definition) is 0. The summed E-state index contributed by atoms with van der Waals surface area (Å²) in [6.07, 6.45) is 0. The Labute approximate surface area is 163 Å². The van der Waals surface area contributed by atoms with Gasteiger partial charge in [0.1, 0.15) is 11.5 Å². The van der Waals surface area contributed by atoms with Crippen LogP contribution in [0, 0.1) is 0 Å². The predicted octanol–water partition coefficient (Wildman–Crippen LogP) is 4.10. The summed E-state index contributed by atoms with van der Waals surface area (Å²) in [5.74, 6) is 0.490. The van der Waals surface area contributed by atoms with Gasteiger partial charge in [0.15, 0.2) is 0 Å². The molecule has 1 aliphatic heterocycles. The number of hydrogen-bond acceptors (Lipinski definition) is 4. The zero-order valence-corrected chi connectivity index (χ0v) is 15.6. The first-order valence-corrected chi connectivity index (χ1v) is 8.88. The summed E-state index contributed by atoms with van der Waals surface area (Å²) in [6, 6.07) is 20.6. The van der Waals surface area contributed by atoms with Crippen molar-refractivity contribution in [3.05, 3.63) is 77.9 Å². The molecule has 0 aromatic heterocycles. The van der Waals surface area contributed by atoms with Crippen molar-refractivity contribution in [1.82, 2.24) is 0 Å². The van der Waals surface area contributed by atoms with E-state index in [0.29, 0.717) is 23.5 Å². The minimum Gasteiger partial charge on any atom is -0.497 e. The number of ketones is 1. The molecule has 5 heteroatoms. The van der Waals surface area contributed by atoms with Crippen LogP contribution in [0.25, 0.3) is 11.1 Å². The first kappa shape index (κ1) is 17.8. The van der Waals surface area contributed by atoms with E-state index >= 15 is 0 Å². The van der Waals surface area contributed by atoms with Crippen molar-refractivity contribution >= 4 is 17.4 Å². The topological polar surface area (TPSA) is 55.8 Å². The van der Waals surface area contributed by atoms with Gasteiger partial charge in [-0.25, -0.2) is 0 Å². The fourth-order valence-electron chi connectivity index (χ4n) is 3.37. The molecule has 0 N–H and O–H groups in total. The van der Waals surface area contributed by atoms with Crippen LogP contribution in [0.2, 0.25) is 0 Å². The standard InChI is InChI=1S/C23H19NO4/c1-27-18-9-6-16(7-10-18)17-8-11-21-20(13-17)22(25)23(26)24(21)14-15-4-3-5-19(12-15)28-2/h3-13H,14H2,1-2H3. The number of Topliss-reactive ketones (excluding diaryl/α,β-unsaturated/α-hetero) is 1. The number of carbonyl (C=O) groups excluding carboxylic acids is 2. The van der Waals surface area contributed by atoms with Gasteiger partial charge in [-0.15, -0.1) is 0 Å². The molecule has 3 aromatic rings. The molecule has 1 aliphatic rings. The molecule has 28 heavy (non-hydrogen) atoms. The highest BCUT2D eigenvalue weighted by molar-refractivity contribution is 6.52. The Morgan fingerprint density at radius 2 is 1.50 bits per heavy atom. The summed E-state index contributed by atoms with van der Waals surface area (Å²) < 4.78 is 10.4. The molecule has 5 nitrogen and oxygen atoms in total. The minimum atomic E-state index is -0.510. The lowest BCUT2D eigenvalue weighted by Crippen LogP contribution is -2.29. The monoisotopic (exact) mass is 373 g/mol. The third-order valence-electron chi connectivity index (χ3n) is 4.87. The third-order valence-corrected chi connectivity index (χ3v) is 4.87. The van der Waals surface area contributed by atoms with Crippen LogP contribution in [0.1, 0.15) is 15.9 Å². The molecular formula is C23H19NO4. The zero-order valence-electron chi connectivity index (χ0n) is 15.6. The van der Waals surface area contributed by atoms with Gasteiger partial charge in [-0.3, -0.25) is 9.59 Å². The Bertz CT molecular complexity index is 1060. The van der Waals surface area contributed by atoms with Crippen molar-refractivity contribution in [2.24, 2.45) is 0 Å². The fourth-order valence-corrected chi connectivity index (χ4v) is 3.37. The second kappa shape index (κ2) is 7.19. The number of fused-ring (bicyclic) bond motifs is 1. The summed E-state index contributed by atoms with van der Waals surface area (Å²) in [7, 11) is 3.21. The number of anilines is 1. The number of ether oxygens (including phenoxy) is 2. The molecule has 0 fully saturated rings. The van der Waals surface area contributed by atoms with Crippen LogP contribution in [0.3, 0.4) is 0 Å². The van der Waals surface area contributed by atoms with Gasteiger partial charge in [-0.1, -0.05) is 30.3 Å². The van der Waals surface area contributed by atoms with Crippen LogP contribution in [0.15, 0.2) is 66.7 Å². The summed E-state index contributed by atoms with van der Waals surface area (Å²) in [4.78, 5) is 26.7. The number of rotatable bonds is 5. The Kier molecular flexibility index (Phi) is 4.57. The maximum atomic E-state index is 12.6. The van der Waals surface area contributed by atoms with E-state index in [1.807, 2.05) is 60.7 Å². The summed E-state index contributed by atoms with van der Waals surface area (Å²) >= 11 is 0. The maximum Gasteiger partial charge on any atom is 0.299 e. The van der Waals surface area contributed by atoms with Gasteiger partial charge in [0.2, 0.25) is 0 Å². The van der Waals surface area contributed by atoms with Crippen molar-refractivity contribution < 1.29 is 19.1 Å². The number of nitrogens with zero attached hydrogens (tertiary/aromatic N) is 1. The number of amides is 1. The number of benzene rings is 3. The lowest BCUT2D eigenvalue weighted by molar-refractivity contribution is -0.114. The van der Waals surface area contributed by atoms with E-state index in [9.17, 15) is 9.59 Å². The molecule has 140 valence electrons. The van der Waals surface area contributed by atoms with Crippen molar-refractivity contribution in [3.63, 3.8) is 0 Å². The molecule has 0 aliphatic carbocycles. The van der Waals surface area contributed by atoms with Crippen molar-refractivity contribution in [1.29, 1.82) is 0 Å². The quantitative estimate of drug-likeness (QED) is 0.632.